The molecule has 1 saturated heterocycles. The summed E-state index contributed by atoms with van der Waals surface area (Å²) in [7, 11) is 0. The molecule has 1 N–H and O–H groups in total. The van der Waals surface area contributed by atoms with E-state index in [1.54, 1.807) is 17.0 Å². The molecule has 5 heteroatoms. The Morgan fingerprint density at radius 3 is 2.87 bits per heavy atom. The average molecular weight is 313 g/mol. The van der Waals surface area contributed by atoms with Crippen LogP contribution in [-0.4, -0.2) is 24.1 Å². The highest BCUT2D eigenvalue weighted by Gasteiger charge is 2.22. The summed E-state index contributed by atoms with van der Waals surface area (Å²) < 4.78 is 0. The van der Waals surface area contributed by atoms with E-state index in [4.69, 9.17) is 0 Å². The summed E-state index contributed by atoms with van der Waals surface area (Å²) in [5, 5.41) is 4.32. The Morgan fingerprint density at radius 1 is 1.26 bits per heavy atom. The molecule has 2 fully saturated rings. The molecule has 1 aromatic carbocycles. The molecule has 1 atom stereocenters. The lowest BCUT2D eigenvalue weighted by molar-refractivity contribution is -0.117. The van der Waals surface area contributed by atoms with E-state index in [9.17, 15) is 9.59 Å². The van der Waals surface area contributed by atoms with E-state index in [0.29, 0.717) is 17.9 Å². The van der Waals surface area contributed by atoms with E-state index in [0.717, 1.165) is 43.6 Å². The van der Waals surface area contributed by atoms with Crippen molar-refractivity contribution in [2.45, 2.75) is 45.4 Å². The average Bonchev–Trinajstić information content (AvgIpc) is 3.00. The highest BCUT2D eigenvalue weighted by molar-refractivity contribution is 5.99. The number of rotatable bonds is 3. The van der Waals surface area contributed by atoms with Crippen molar-refractivity contribution in [1.82, 2.24) is 5.43 Å². The van der Waals surface area contributed by atoms with Crippen molar-refractivity contribution in [3.63, 3.8) is 0 Å². The lowest BCUT2D eigenvalue weighted by atomic mass is 9.89. The van der Waals surface area contributed by atoms with Gasteiger partial charge in [0.25, 0.3) is 5.91 Å². The zero-order valence-corrected chi connectivity index (χ0v) is 13.5. The van der Waals surface area contributed by atoms with Gasteiger partial charge in [-0.2, -0.15) is 5.10 Å². The van der Waals surface area contributed by atoms with Gasteiger partial charge in [-0.05, 0) is 49.8 Å². The fraction of sp³-hybridized carbons (Fsp3) is 0.500. The SMILES string of the molecule is CC1CCCCC1=NNC(=O)c1cccc(N2CCCC2=O)c1. The van der Waals surface area contributed by atoms with Crippen LogP contribution in [0.25, 0.3) is 0 Å². The predicted molar refractivity (Wildman–Crippen MR) is 90.6 cm³/mol. The Labute approximate surface area is 136 Å². The lowest BCUT2D eigenvalue weighted by Gasteiger charge is -2.20. The number of hydrogen-bond acceptors (Lipinski definition) is 3. The van der Waals surface area contributed by atoms with Gasteiger partial charge in [-0.3, -0.25) is 9.59 Å². The third kappa shape index (κ3) is 3.60. The highest BCUT2D eigenvalue weighted by atomic mass is 16.2. The standard InChI is InChI=1S/C18H23N3O2/c1-13-6-2-3-9-16(13)19-20-18(23)14-7-4-8-15(12-14)21-11-5-10-17(21)22/h4,7-8,12-13H,2-3,5-6,9-11H2,1H3,(H,20,23). The van der Waals surface area contributed by atoms with Crippen LogP contribution >= 0.6 is 0 Å². The molecule has 1 aliphatic carbocycles. The van der Waals surface area contributed by atoms with Crippen molar-refractivity contribution in [2.24, 2.45) is 11.0 Å². The minimum absolute atomic E-state index is 0.124. The minimum atomic E-state index is -0.219. The summed E-state index contributed by atoms with van der Waals surface area (Å²) in [6.45, 7) is 2.88. The largest absolute Gasteiger partial charge is 0.312 e. The minimum Gasteiger partial charge on any atom is -0.312 e. The van der Waals surface area contributed by atoms with Crippen molar-refractivity contribution >= 4 is 23.2 Å². The van der Waals surface area contributed by atoms with Gasteiger partial charge in [0.15, 0.2) is 0 Å². The van der Waals surface area contributed by atoms with E-state index < -0.39 is 0 Å². The van der Waals surface area contributed by atoms with Gasteiger partial charge in [-0.15, -0.1) is 0 Å². The number of hydrogen-bond donors (Lipinski definition) is 1. The molecular formula is C18H23N3O2. The van der Waals surface area contributed by atoms with E-state index in [2.05, 4.69) is 17.5 Å². The molecule has 2 amide bonds. The van der Waals surface area contributed by atoms with Crippen molar-refractivity contribution in [3.8, 4) is 0 Å². The van der Waals surface area contributed by atoms with Gasteiger partial charge in [0.1, 0.15) is 0 Å². The summed E-state index contributed by atoms with van der Waals surface area (Å²) in [5.41, 5.74) is 5.08. The van der Waals surface area contributed by atoms with Crippen LogP contribution < -0.4 is 10.3 Å². The summed E-state index contributed by atoms with van der Waals surface area (Å²) in [5.74, 6) is 0.347. The molecule has 1 aromatic rings. The molecule has 1 heterocycles. The summed E-state index contributed by atoms with van der Waals surface area (Å²) >= 11 is 0. The smallest absolute Gasteiger partial charge is 0.271 e. The van der Waals surface area contributed by atoms with Crippen molar-refractivity contribution in [1.29, 1.82) is 0 Å². The number of hydrazone groups is 1. The van der Waals surface area contributed by atoms with Gasteiger partial charge in [-0.25, -0.2) is 5.43 Å². The van der Waals surface area contributed by atoms with E-state index in [1.165, 1.54) is 6.42 Å². The van der Waals surface area contributed by atoms with Crippen molar-refractivity contribution in [2.75, 3.05) is 11.4 Å². The second-order valence-electron chi connectivity index (χ2n) is 6.39. The molecule has 0 spiro atoms. The topological polar surface area (TPSA) is 61.8 Å². The van der Waals surface area contributed by atoms with Gasteiger partial charge >= 0.3 is 0 Å². The summed E-state index contributed by atoms with van der Waals surface area (Å²) in [6.07, 6.45) is 5.94. The zero-order chi connectivity index (χ0) is 16.2. The Hall–Kier alpha value is -2.17. The second-order valence-corrected chi connectivity index (χ2v) is 6.39. The molecule has 1 aliphatic heterocycles. The van der Waals surface area contributed by atoms with Crippen LogP contribution in [0.1, 0.15) is 55.8 Å². The van der Waals surface area contributed by atoms with Crippen LogP contribution in [0.5, 0.6) is 0 Å². The first-order chi connectivity index (χ1) is 11.1. The second kappa shape index (κ2) is 6.94. The third-order valence-electron chi connectivity index (χ3n) is 4.68. The number of anilines is 1. The Kier molecular flexibility index (Phi) is 4.74. The van der Waals surface area contributed by atoms with Crippen LogP contribution in [0.15, 0.2) is 29.4 Å². The number of nitrogens with zero attached hydrogens (tertiary/aromatic N) is 2. The first-order valence-corrected chi connectivity index (χ1v) is 8.42. The van der Waals surface area contributed by atoms with Crippen LogP contribution in [0.4, 0.5) is 5.69 Å². The van der Waals surface area contributed by atoms with Gasteiger partial charge in [0, 0.05) is 29.9 Å². The van der Waals surface area contributed by atoms with Crippen LogP contribution in [0.2, 0.25) is 0 Å². The highest BCUT2D eigenvalue weighted by Crippen LogP contribution is 2.23. The predicted octanol–water partition coefficient (Wildman–Crippen LogP) is 3.11. The van der Waals surface area contributed by atoms with Gasteiger partial charge < -0.3 is 4.90 Å². The Morgan fingerprint density at radius 2 is 2.13 bits per heavy atom. The molecular weight excluding hydrogens is 290 g/mol. The maximum atomic E-state index is 12.3. The fourth-order valence-electron chi connectivity index (χ4n) is 3.26. The Bertz CT molecular complexity index is 639. The van der Waals surface area contributed by atoms with Crippen LogP contribution in [0.3, 0.4) is 0 Å². The van der Waals surface area contributed by atoms with Gasteiger partial charge in [0.05, 0.1) is 0 Å². The fourth-order valence-corrected chi connectivity index (χ4v) is 3.26. The molecule has 5 nitrogen and oxygen atoms in total. The maximum absolute atomic E-state index is 12.3. The summed E-state index contributed by atoms with van der Waals surface area (Å²) in [4.78, 5) is 25.9. The van der Waals surface area contributed by atoms with E-state index in [-0.39, 0.29) is 11.8 Å². The molecule has 0 aromatic heterocycles. The third-order valence-corrected chi connectivity index (χ3v) is 4.68. The van der Waals surface area contributed by atoms with Crippen molar-refractivity contribution < 1.29 is 9.59 Å². The molecule has 23 heavy (non-hydrogen) atoms. The molecule has 3 rings (SSSR count). The van der Waals surface area contributed by atoms with E-state index in [1.807, 2.05) is 12.1 Å². The number of amides is 2. The first-order valence-electron chi connectivity index (χ1n) is 8.42. The van der Waals surface area contributed by atoms with Crippen LogP contribution in [-0.2, 0) is 4.79 Å². The number of carbonyl (C=O) groups excluding carboxylic acids is 2. The Balaban J connectivity index is 1.70. The number of benzene rings is 1. The van der Waals surface area contributed by atoms with Crippen LogP contribution in [0, 0.1) is 5.92 Å². The molecule has 2 aliphatic rings. The first kappa shape index (κ1) is 15.7. The van der Waals surface area contributed by atoms with E-state index >= 15 is 0 Å². The monoisotopic (exact) mass is 313 g/mol. The molecule has 0 bridgehead atoms. The zero-order valence-electron chi connectivity index (χ0n) is 13.5. The van der Waals surface area contributed by atoms with Crippen molar-refractivity contribution in [3.05, 3.63) is 29.8 Å². The molecule has 122 valence electrons. The summed E-state index contributed by atoms with van der Waals surface area (Å²) in [6, 6.07) is 7.20. The quantitative estimate of drug-likeness (QED) is 0.872. The molecule has 1 unspecified atom stereocenters. The maximum Gasteiger partial charge on any atom is 0.271 e. The number of carbonyl (C=O) groups is 2. The van der Waals surface area contributed by atoms with Gasteiger partial charge in [-0.1, -0.05) is 19.4 Å². The number of nitrogens with one attached hydrogen (secondary N) is 1. The normalized spacial score (nSPS) is 23.3. The van der Waals surface area contributed by atoms with Gasteiger partial charge in [0.2, 0.25) is 5.91 Å². The molecule has 1 saturated carbocycles. The molecule has 0 radical (unpaired) electrons. The lowest BCUT2D eigenvalue weighted by Crippen LogP contribution is -2.26.